The predicted molar refractivity (Wildman–Crippen MR) is 87.3 cm³/mol. The van der Waals surface area contributed by atoms with E-state index in [1.165, 1.54) is 25.3 Å². The minimum atomic E-state index is -3.93. The van der Waals surface area contributed by atoms with Gasteiger partial charge < -0.3 is 4.74 Å². The molecule has 0 spiro atoms. The second kappa shape index (κ2) is 6.06. The maximum atomic E-state index is 13.4. The molecular formula is C16H14FN3O3S. The Morgan fingerprint density at radius 3 is 2.58 bits per heavy atom. The van der Waals surface area contributed by atoms with E-state index in [1.54, 1.807) is 30.5 Å². The van der Waals surface area contributed by atoms with Crippen molar-refractivity contribution in [1.82, 2.24) is 10.2 Å². The van der Waals surface area contributed by atoms with Gasteiger partial charge in [0.1, 0.15) is 17.3 Å². The van der Waals surface area contributed by atoms with Gasteiger partial charge in [-0.05, 0) is 18.2 Å². The number of nitrogens with two attached hydrogens (primary N) is 1. The standard InChI is InChI=1S/C16H14FN3O3S/c1-23-14-8-10(17)6-7-11(14)13-9-19-20-16(13)12-4-2-3-5-15(12)24(18,21)22/h2-9H,1H3,(H,19,20)(H2,18,21,22). The zero-order valence-corrected chi connectivity index (χ0v) is 13.5. The summed E-state index contributed by atoms with van der Waals surface area (Å²) in [4.78, 5) is -0.0422. The Hall–Kier alpha value is -2.71. The minimum Gasteiger partial charge on any atom is -0.496 e. The molecule has 6 nitrogen and oxygen atoms in total. The van der Waals surface area contributed by atoms with E-state index in [4.69, 9.17) is 9.88 Å². The van der Waals surface area contributed by atoms with Gasteiger partial charge in [0, 0.05) is 29.0 Å². The van der Waals surface area contributed by atoms with Crippen LogP contribution >= 0.6 is 0 Å². The lowest BCUT2D eigenvalue weighted by Crippen LogP contribution is -2.13. The van der Waals surface area contributed by atoms with Gasteiger partial charge >= 0.3 is 0 Å². The molecule has 124 valence electrons. The molecule has 0 saturated heterocycles. The molecule has 0 bridgehead atoms. The third-order valence-corrected chi connectivity index (χ3v) is 4.51. The van der Waals surface area contributed by atoms with Crippen LogP contribution in [-0.2, 0) is 10.0 Å². The van der Waals surface area contributed by atoms with Crippen molar-refractivity contribution in [3.63, 3.8) is 0 Å². The fourth-order valence-corrected chi connectivity index (χ4v) is 3.24. The van der Waals surface area contributed by atoms with Crippen LogP contribution < -0.4 is 9.88 Å². The predicted octanol–water partition coefficient (Wildman–Crippen LogP) is 2.54. The number of benzene rings is 2. The first-order valence-corrected chi connectivity index (χ1v) is 8.46. The minimum absolute atomic E-state index is 0.0422. The van der Waals surface area contributed by atoms with Crippen LogP contribution in [-0.4, -0.2) is 25.7 Å². The number of nitrogens with one attached hydrogen (secondary N) is 1. The van der Waals surface area contributed by atoms with Crippen LogP contribution in [0.3, 0.4) is 0 Å². The van der Waals surface area contributed by atoms with Crippen molar-refractivity contribution >= 4 is 10.0 Å². The molecule has 0 unspecified atom stereocenters. The van der Waals surface area contributed by atoms with E-state index >= 15 is 0 Å². The normalized spacial score (nSPS) is 11.5. The van der Waals surface area contributed by atoms with Crippen LogP contribution in [0, 0.1) is 5.82 Å². The van der Waals surface area contributed by atoms with Crippen LogP contribution in [0.25, 0.3) is 22.4 Å². The number of nitrogens with zero attached hydrogens (tertiary/aromatic N) is 1. The van der Waals surface area contributed by atoms with Crippen molar-refractivity contribution < 1.29 is 17.5 Å². The fourth-order valence-electron chi connectivity index (χ4n) is 2.50. The van der Waals surface area contributed by atoms with E-state index in [2.05, 4.69) is 10.2 Å². The summed E-state index contributed by atoms with van der Waals surface area (Å²) in [6.45, 7) is 0. The zero-order chi connectivity index (χ0) is 17.3. The number of ether oxygens (including phenoxy) is 1. The fraction of sp³-hybridized carbons (Fsp3) is 0.0625. The van der Waals surface area contributed by atoms with Gasteiger partial charge in [0.2, 0.25) is 10.0 Å². The van der Waals surface area contributed by atoms with Gasteiger partial charge in [-0.1, -0.05) is 18.2 Å². The molecule has 0 aliphatic heterocycles. The Morgan fingerprint density at radius 2 is 1.88 bits per heavy atom. The molecule has 0 amide bonds. The second-order valence-corrected chi connectivity index (χ2v) is 6.56. The second-order valence-electron chi connectivity index (χ2n) is 5.03. The van der Waals surface area contributed by atoms with Gasteiger partial charge in [0.15, 0.2) is 0 Å². The number of aromatic amines is 1. The quantitative estimate of drug-likeness (QED) is 0.758. The number of sulfonamides is 1. The van der Waals surface area contributed by atoms with Crippen molar-refractivity contribution in [3.05, 3.63) is 54.5 Å². The molecule has 0 saturated carbocycles. The number of methoxy groups -OCH3 is 1. The highest BCUT2D eigenvalue weighted by Gasteiger charge is 2.21. The topological polar surface area (TPSA) is 98.1 Å². The Balaban J connectivity index is 2.25. The first-order valence-electron chi connectivity index (χ1n) is 6.91. The summed E-state index contributed by atoms with van der Waals surface area (Å²) in [6.07, 6.45) is 1.59. The maximum Gasteiger partial charge on any atom is 0.238 e. The van der Waals surface area contributed by atoms with Gasteiger partial charge in [-0.2, -0.15) is 5.10 Å². The molecule has 1 heterocycles. The van der Waals surface area contributed by atoms with E-state index in [9.17, 15) is 12.8 Å². The molecule has 3 N–H and O–H groups in total. The molecule has 0 atom stereocenters. The highest BCUT2D eigenvalue weighted by molar-refractivity contribution is 7.89. The summed E-state index contributed by atoms with van der Waals surface area (Å²) >= 11 is 0. The molecule has 3 rings (SSSR count). The smallest absolute Gasteiger partial charge is 0.238 e. The number of halogens is 1. The highest BCUT2D eigenvalue weighted by Crippen LogP contribution is 2.38. The van der Waals surface area contributed by atoms with E-state index in [0.29, 0.717) is 28.1 Å². The van der Waals surface area contributed by atoms with Crippen molar-refractivity contribution in [2.24, 2.45) is 5.14 Å². The van der Waals surface area contributed by atoms with Gasteiger partial charge in [0.25, 0.3) is 0 Å². The van der Waals surface area contributed by atoms with Crippen molar-refractivity contribution in [1.29, 1.82) is 0 Å². The molecule has 3 aromatic rings. The molecule has 24 heavy (non-hydrogen) atoms. The summed E-state index contributed by atoms with van der Waals surface area (Å²) in [5.41, 5.74) is 1.88. The lowest BCUT2D eigenvalue weighted by molar-refractivity contribution is 0.413. The van der Waals surface area contributed by atoms with Crippen molar-refractivity contribution in [2.75, 3.05) is 7.11 Å². The van der Waals surface area contributed by atoms with E-state index in [0.717, 1.165) is 0 Å². The Morgan fingerprint density at radius 1 is 1.12 bits per heavy atom. The summed E-state index contributed by atoms with van der Waals surface area (Å²) in [5, 5.41) is 12.1. The van der Waals surface area contributed by atoms with Gasteiger partial charge in [-0.3, -0.25) is 5.10 Å². The molecular weight excluding hydrogens is 333 g/mol. The molecule has 0 fully saturated rings. The number of hydrogen-bond acceptors (Lipinski definition) is 4. The van der Waals surface area contributed by atoms with Crippen LogP contribution in [0.15, 0.2) is 53.6 Å². The van der Waals surface area contributed by atoms with Gasteiger partial charge in [0.05, 0.1) is 12.0 Å². The highest BCUT2D eigenvalue weighted by atomic mass is 32.2. The van der Waals surface area contributed by atoms with Crippen LogP contribution in [0.2, 0.25) is 0 Å². The van der Waals surface area contributed by atoms with E-state index in [-0.39, 0.29) is 4.90 Å². The number of rotatable bonds is 4. The van der Waals surface area contributed by atoms with Gasteiger partial charge in [-0.25, -0.2) is 17.9 Å². The monoisotopic (exact) mass is 347 g/mol. The lowest BCUT2D eigenvalue weighted by atomic mass is 10.0. The Kier molecular flexibility index (Phi) is 4.08. The van der Waals surface area contributed by atoms with Crippen molar-refractivity contribution in [3.8, 4) is 28.1 Å². The Labute approximate surface area is 138 Å². The largest absolute Gasteiger partial charge is 0.496 e. The average Bonchev–Trinajstić information content (AvgIpc) is 3.03. The first kappa shape index (κ1) is 16.2. The lowest BCUT2D eigenvalue weighted by Gasteiger charge is -2.10. The average molecular weight is 347 g/mol. The number of primary sulfonamides is 1. The summed E-state index contributed by atoms with van der Waals surface area (Å²) in [6, 6.07) is 10.4. The van der Waals surface area contributed by atoms with Crippen LogP contribution in [0.1, 0.15) is 0 Å². The maximum absolute atomic E-state index is 13.4. The van der Waals surface area contributed by atoms with Crippen molar-refractivity contribution in [2.45, 2.75) is 4.90 Å². The molecule has 1 aromatic heterocycles. The molecule has 0 aliphatic carbocycles. The Bertz CT molecular complexity index is 999. The molecule has 0 aliphatic rings. The number of hydrogen-bond donors (Lipinski definition) is 2. The molecule has 2 aromatic carbocycles. The third-order valence-electron chi connectivity index (χ3n) is 3.54. The zero-order valence-electron chi connectivity index (χ0n) is 12.7. The summed E-state index contributed by atoms with van der Waals surface area (Å²) < 4.78 is 42.3. The summed E-state index contributed by atoms with van der Waals surface area (Å²) in [7, 11) is -2.50. The SMILES string of the molecule is COc1cc(F)ccc1-c1c[nH]nc1-c1ccccc1S(N)(=O)=O. The van der Waals surface area contributed by atoms with Crippen LogP contribution in [0.4, 0.5) is 4.39 Å². The van der Waals surface area contributed by atoms with Gasteiger partial charge in [-0.15, -0.1) is 0 Å². The van der Waals surface area contributed by atoms with E-state index in [1.807, 2.05) is 0 Å². The number of H-pyrrole nitrogens is 1. The summed E-state index contributed by atoms with van der Waals surface area (Å²) in [5.74, 6) is -0.128. The molecule has 8 heteroatoms. The molecule has 0 radical (unpaired) electrons. The first-order chi connectivity index (χ1) is 11.4. The van der Waals surface area contributed by atoms with E-state index < -0.39 is 15.8 Å². The third kappa shape index (κ3) is 2.89. The number of aromatic nitrogens is 2. The van der Waals surface area contributed by atoms with Crippen LogP contribution in [0.5, 0.6) is 5.75 Å².